The van der Waals surface area contributed by atoms with E-state index in [1.807, 2.05) is 47.6 Å². The van der Waals surface area contributed by atoms with Gasteiger partial charge in [0.25, 0.3) is 0 Å². The molecule has 0 aromatic rings. The second kappa shape index (κ2) is 12.1. The fourth-order valence-electron chi connectivity index (χ4n) is 2.60. The number of rotatable bonds is 12. The molecule has 0 rings (SSSR count). The number of carbonyl (C=O) groups is 2. The molecule has 0 unspecified atom stereocenters. The Bertz CT molecular complexity index is 398. The summed E-state index contributed by atoms with van der Waals surface area (Å²) >= 11 is 0. The van der Waals surface area contributed by atoms with Gasteiger partial charge in [-0.3, -0.25) is 9.59 Å². The average Bonchev–Trinajstić information content (AvgIpc) is 2.45. The van der Waals surface area contributed by atoms with Crippen LogP contribution in [0.4, 0.5) is 0 Å². The second-order valence-corrected chi connectivity index (χ2v) is 8.96. The van der Waals surface area contributed by atoms with Crippen LogP contribution in [-0.2, 0) is 19.1 Å². The fourth-order valence-corrected chi connectivity index (χ4v) is 2.60. The van der Waals surface area contributed by atoms with Crippen molar-refractivity contribution in [1.29, 1.82) is 0 Å². The highest BCUT2D eigenvalue weighted by atomic mass is 16.6. The van der Waals surface area contributed by atoms with Gasteiger partial charge >= 0.3 is 11.9 Å². The van der Waals surface area contributed by atoms with Crippen molar-refractivity contribution in [3.8, 4) is 0 Å². The summed E-state index contributed by atoms with van der Waals surface area (Å²) in [5.41, 5.74) is -1.22. The van der Waals surface area contributed by atoms with E-state index in [4.69, 9.17) is 9.47 Å². The predicted octanol–water partition coefficient (Wildman–Crippen LogP) is 5.98. The van der Waals surface area contributed by atoms with Crippen molar-refractivity contribution >= 4 is 11.9 Å². The molecular weight excluding hydrogens is 328 g/mol. The number of esters is 2. The van der Waals surface area contributed by atoms with Crippen LogP contribution in [0.25, 0.3) is 0 Å². The first-order chi connectivity index (χ1) is 12.0. The molecule has 0 N–H and O–H groups in total. The lowest BCUT2D eigenvalue weighted by atomic mass is 9.99. The summed E-state index contributed by atoms with van der Waals surface area (Å²) in [5, 5.41) is 0. The minimum atomic E-state index is -0.832. The minimum Gasteiger partial charge on any atom is -0.459 e. The molecule has 0 saturated carbocycles. The molecule has 0 fully saturated rings. The second-order valence-electron chi connectivity index (χ2n) is 8.96. The summed E-state index contributed by atoms with van der Waals surface area (Å²) in [7, 11) is 0. The molecule has 0 amide bonds. The summed E-state index contributed by atoms with van der Waals surface area (Å²) in [6.45, 7) is 14.6. The molecule has 0 aliphatic rings. The van der Waals surface area contributed by atoms with Crippen molar-refractivity contribution in [2.45, 2.75) is 111 Å². The van der Waals surface area contributed by atoms with E-state index >= 15 is 0 Å². The first-order valence-electron chi connectivity index (χ1n) is 10.0. The lowest BCUT2D eigenvalue weighted by Crippen LogP contribution is -2.36. The van der Waals surface area contributed by atoms with Gasteiger partial charge in [0.1, 0.15) is 11.2 Å². The first-order valence-corrected chi connectivity index (χ1v) is 10.0. The number of hydrogen-bond donors (Lipinski definition) is 0. The van der Waals surface area contributed by atoms with Gasteiger partial charge in [0.2, 0.25) is 0 Å². The summed E-state index contributed by atoms with van der Waals surface area (Å²) in [5.74, 6) is -1.78. The van der Waals surface area contributed by atoms with Crippen LogP contribution < -0.4 is 0 Å². The van der Waals surface area contributed by atoms with Crippen molar-refractivity contribution in [1.82, 2.24) is 0 Å². The van der Waals surface area contributed by atoms with E-state index in [1.54, 1.807) is 0 Å². The molecule has 0 spiro atoms. The molecule has 0 atom stereocenters. The van der Waals surface area contributed by atoms with Gasteiger partial charge in [-0.1, -0.05) is 44.6 Å². The molecule has 0 saturated heterocycles. The Kier molecular flexibility index (Phi) is 11.5. The normalized spacial score (nSPS) is 12.1. The SMILES string of the molecule is C=CCCCCCCCCCC(C(=O)OC(C)(C)C)C(=O)OC(C)(C)C. The van der Waals surface area contributed by atoms with Crippen LogP contribution in [-0.4, -0.2) is 23.1 Å². The average molecular weight is 369 g/mol. The van der Waals surface area contributed by atoms with E-state index in [9.17, 15) is 9.59 Å². The van der Waals surface area contributed by atoms with Crippen LogP contribution >= 0.6 is 0 Å². The Hall–Kier alpha value is -1.32. The monoisotopic (exact) mass is 368 g/mol. The molecular formula is C22H40O4. The van der Waals surface area contributed by atoms with Gasteiger partial charge < -0.3 is 9.47 Å². The van der Waals surface area contributed by atoms with Crippen molar-refractivity contribution in [2.24, 2.45) is 5.92 Å². The van der Waals surface area contributed by atoms with Crippen molar-refractivity contribution in [3.05, 3.63) is 12.7 Å². The lowest BCUT2D eigenvalue weighted by molar-refractivity contribution is -0.174. The van der Waals surface area contributed by atoms with Crippen LogP contribution in [0.2, 0.25) is 0 Å². The Morgan fingerprint density at radius 3 is 1.54 bits per heavy atom. The standard InChI is InChI=1S/C22H40O4/c1-8-9-10-11-12-13-14-15-16-17-18(19(23)25-21(2,3)4)20(24)26-22(5,6)7/h8,18H,1,9-17H2,2-7H3. The van der Waals surface area contributed by atoms with Crippen LogP contribution in [0, 0.1) is 5.92 Å². The molecule has 0 aliphatic heterocycles. The number of unbranched alkanes of at least 4 members (excludes halogenated alkanes) is 7. The molecule has 0 radical (unpaired) electrons. The van der Waals surface area contributed by atoms with Crippen molar-refractivity contribution < 1.29 is 19.1 Å². The fraction of sp³-hybridized carbons (Fsp3) is 0.818. The topological polar surface area (TPSA) is 52.6 Å². The Morgan fingerprint density at radius 1 is 0.769 bits per heavy atom. The molecule has 4 heteroatoms. The van der Waals surface area contributed by atoms with Gasteiger partial charge in [-0.05, 0) is 60.8 Å². The van der Waals surface area contributed by atoms with E-state index in [0.29, 0.717) is 6.42 Å². The molecule has 152 valence electrons. The maximum absolute atomic E-state index is 12.4. The van der Waals surface area contributed by atoms with E-state index in [1.165, 1.54) is 25.7 Å². The van der Waals surface area contributed by atoms with Crippen molar-refractivity contribution in [2.75, 3.05) is 0 Å². The number of allylic oxidation sites excluding steroid dienone is 1. The Morgan fingerprint density at radius 2 is 1.15 bits per heavy atom. The van der Waals surface area contributed by atoms with Crippen molar-refractivity contribution in [3.63, 3.8) is 0 Å². The number of carbonyl (C=O) groups excluding carboxylic acids is 2. The Labute approximate surface area is 160 Å². The summed E-state index contributed by atoms with van der Waals surface area (Å²) in [6.07, 6.45) is 11.4. The van der Waals surface area contributed by atoms with Gasteiger partial charge in [-0.15, -0.1) is 6.58 Å². The molecule has 0 heterocycles. The van der Waals surface area contributed by atoms with Gasteiger partial charge in [-0.2, -0.15) is 0 Å². The highest BCUT2D eigenvalue weighted by Gasteiger charge is 2.34. The number of hydrogen-bond acceptors (Lipinski definition) is 4. The highest BCUT2D eigenvalue weighted by molar-refractivity contribution is 5.95. The summed E-state index contributed by atoms with van der Waals surface area (Å²) in [4.78, 5) is 24.8. The van der Waals surface area contributed by atoms with E-state index in [0.717, 1.165) is 25.7 Å². The molecule has 0 aromatic heterocycles. The highest BCUT2D eigenvalue weighted by Crippen LogP contribution is 2.21. The van der Waals surface area contributed by atoms with Gasteiger partial charge in [0.05, 0.1) is 0 Å². The van der Waals surface area contributed by atoms with Crippen LogP contribution in [0.5, 0.6) is 0 Å². The van der Waals surface area contributed by atoms with Crippen LogP contribution in [0.15, 0.2) is 12.7 Å². The van der Waals surface area contributed by atoms with Gasteiger partial charge in [0, 0.05) is 0 Å². The third-order valence-electron chi connectivity index (χ3n) is 3.78. The van der Waals surface area contributed by atoms with Crippen LogP contribution in [0.1, 0.15) is 99.3 Å². The third kappa shape index (κ3) is 13.9. The summed E-state index contributed by atoms with van der Waals surface area (Å²) in [6, 6.07) is 0. The predicted molar refractivity (Wildman–Crippen MR) is 107 cm³/mol. The zero-order chi connectivity index (χ0) is 20.2. The minimum absolute atomic E-state index is 0.476. The zero-order valence-electron chi connectivity index (χ0n) is 17.9. The van der Waals surface area contributed by atoms with Gasteiger partial charge in [0.15, 0.2) is 5.92 Å². The van der Waals surface area contributed by atoms with E-state index < -0.39 is 29.1 Å². The van der Waals surface area contributed by atoms with E-state index in [2.05, 4.69) is 6.58 Å². The molecule has 0 bridgehead atoms. The number of ether oxygens (including phenoxy) is 2. The summed E-state index contributed by atoms with van der Waals surface area (Å²) < 4.78 is 10.8. The largest absolute Gasteiger partial charge is 0.459 e. The smallest absolute Gasteiger partial charge is 0.320 e. The van der Waals surface area contributed by atoms with E-state index in [-0.39, 0.29) is 0 Å². The zero-order valence-corrected chi connectivity index (χ0v) is 17.9. The van der Waals surface area contributed by atoms with Gasteiger partial charge in [-0.25, -0.2) is 0 Å². The van der Waals surface area contributed by atoms with Crippen LogP contribution in [0.3, 0.4) is 0 Å². The quantitative estimate of drug-likeness (QED) is 0.184. The first kappa shape index (κ1) is 24.7. The molecule has 0 aromatic carbocycles. The third-order valence-corrected chi connectivity index (χ3v) is 3.78. The molecule has 0 aliphatic carbocycles. The Balaban J connectivity index is 4.38. The molecule has 4 nitrogen and oxygen atoms in total. The molecule has 26 heavy (non-hydrogen) atoms. The lowest BCUT2D eigenvalue weighted by Gasteiger charge is -2.26. The maximum Gasteiger partial charge on any atom is 0.320 e. The maximum atomic E-state index is 12.4.